The van der Waals surface area contributed by atoms with E-state index in [1.165, 1.54) is 18.2 Å². The van der Waals surface area contributed by atoms with Gasteiger partial charge in [0.15, 0.2) is 0 Å². The van der Waals surface area contributed by atoms with Crippen molar-refractivity contribution in [2.24, 2.45) is 0 Å². The molecule has 0 saturated heterocycles. The topological polar surface area (TPSA) is 32.3 Å². The third kappa shape index (κ3) is 4.12. The zero-order valence-electron chi connectivity index (χ0n) is 10.9. The van der Waals surface area contributed by atoms with Gasteiger partial charge >= 0.3 is 6.18 Å². The van der Waals surface area contributed by atoms with E-state index in [-0.39, 0.29) is 24.4 Å². The van der Waals surface area contributed by atoms with Crippen LogP contribution in [0.15, 0.2) is 42.5 Å². The number of hydrogen-bond donors (Lipinski definition) is 2. The van der Waals surface area contributed by atoms with Crippen LogP contribution in [0.1, 0.15) is 16.7 Å². The molecule has 0 saturated carbocycles. The van der Waals surface area contributed by atoms with E-state index >= 15 is 0 Å². The molecule has 2 rings (SSSR count). The highest BCUT2D eigenvalue weighted by atomic mass is 35.5. The monoisotopic (exact) mass is 315 g/mol. The van der Waals surface area contributed by atoms with E-state index in [4.69, 9.17) is 11.6 Å². The molecule has 112 valence electrons. The number of alkyl halides is 3. The van der Waals surface area contributed by atoms with Crippen LogP contribution in [0, 0.1) is 0 Å². The van der Waals surface area contributed by atoms with Crippen molar-refractivity contribution in [3.63, 3.8) is 0 Å². The predicted molar refractivity (Wildman–Crippen MR) is 75.1 cm³/mol. The maximum absolute atomic E-state index is 12.8. The summed E-state index contributed by atoms with van der Waals surface area (Å²) in [6.45, 7) is 0.264. The van der Waals surface area contributed by atoms with Gasteiger partial charge in [-0.1, -0.05) is 29.8 Å². The first-order valence-electron chi connectivity index (χ1n) is 6.21. The smallest absolute Gasteiger partial charge is 0.416 e. The fourth-order valence-electron chi connectivity index (χ4n) is 1.98. The second-order valence-corrected chi connectivity index (χ2v) is 4.97. The first kappa shape index (κ1) is 15.7. The third-order valence-electron chi connectivity index (χ3n) is 3.00. The summed E-state index contributed by atoms with van der Waals surface area (Å²) in [6, 6.07) is 9.95. The third-order valence-corrected chi connectivity index (χ3v) is 3.23. The lowest BCUT2D eigenvalue weighted by molar-refractivity contribution is -0.138. The van der Waals surface area contributed by atoms with Crippen LogP contribution in [-0.4, -0.2) is 5.11 Å². The number of benzene rings is 2. The highest BCUT2D eigenvalue weighted by Gasteiger charge is 2.32. The van der Waals surface area contributed by atoms with Gasteiger partial charge in [0, 0.05) is 23.7 Å². The molecule has 0 fully saturated rings. The van der Waals surface area contributed by atoms with Crippen molar-refractivity contribution < 1.29 is 18.3 Å². The number of halogens is 4. The maximum Gasteiger partial charge on any atom is 0.416 e. The summed E-state index contributed by atoms with van der Waals surface area (Å²) >= 11 is 5.81. The minimum Gasteiger partial charge on any atom is -0.508 e. The molecule has 0 atom stereocenters. The van der Waals surface area contributed by atoms with Gasteiger partial charge in [0.05, 0.1) is 5.56 Å². The summed E-state index contributed by atoms with van der Waals surface area (Å²) in [6.07, 6.45) is -4.38. The van der Waals surface area contributed by atoms with Crippen LogP contribution < -0.4 is 5.32 Å². The molecule has 0 aromatic heterocycles. The number of phenolic OH excluding ortho intramolecular Hbond substituents is 1. The molecule has 0 radical (unpaired) electrons. The van der Waals surface area contributed by atoms with E-state index in [9.17, 15) is 18.3 Å². The van der Waals surface area contributed by atoms with Crippen LogP contribution in [0.5, 0.6) is 5.75 Å². The van der Waals surface area contributed by atoms with Crippen molar-refractivity contribution in [3.8, 4) is 5.75 Å². The second kappa shape index (κ2) is 6.37. The van der Waals surface area contributed by atoms with Crippen molar-refractivity contribution in [1.82, 2.24) is 5.32 Å². The van der Waals surface area contributed by atoms with Gasteiger partial charge < -0.3 is 10.4 Å². The van der Waals surface area contributed by atoms with E-state index in [1.807, 2.05) is 0 Å². The average Bonchev–Trinajstić information content (AvgIpc) is 2.42. The van der Waals surface area contributed by atoms with Crippen molar-refractivity contribution in [2.75, 3.05) is 0 Å². The molecule has 2 N–H and O–H groups in total. The van der Waals surface area contributed by atoms with E-state index in [0.29, 0.717) is 10.6 Å². The molecule has 0 bridgehead atoms. The summed E-state index contributed by atoms with van der Waals surface area (Å²) in [7, 11) is 0. The van der Waals surface area contributed by atoms with Gasteiger partial charge in [0.2, 0.25) is 0 Å². The molecule has 6 heteroatoms. The molecule has 2 aromatic carbocycles. The fourth-order valence-corrected chi connectivity index (χ4v) is 2.17. The Labute approximate surface area is 125 Å². The van der Waals surface area contributed by atoms with Crippen LogP contribution >= 0.6 is 11.6 Å². The van der Waals surface area contributed by atoms with Gasteiger partial charge in [-0.15, -0.1) is 0 Å². The molecule has 0 heterocycles. The Morgan fingerprint density at radius 3 is 2.38 bits per heavy atom. The lowest BCUT2D eigenvalue weighted by atomic mass is 10.1. The first-order chi connectivity index (χ1) is 9.88. The highest BCUT2D eigenvalue weighted by molar-refractivity contribution is 6.30. The Balaban J connectivity index is 2.06. The number of rotatable bonds is 4. The van der Waals surface area contributed by atoms with Crippen LogP contribution in [-0.2, 0) is 19.3 Å². The van der Waals surface area contributed by atoms with E-state index in [0.717, 1.165) is 6.07 Å². The lowest BCUT2D eigenvalue weighted by Crippen LogP contribution is -2.17. The normalized spacial score (nSPS) is 11.6. The molecular formula is C15H13ClF3NO. The van der Waals surface area contributed by atoms with Crippen molar-refractivity contribution in [2.45, 2.75) is 19.3 Å². The fraction of sp³-hybridized carbons (Fsp3) is 0.200. The molecule has 21 heavy (non-hydrogen) atoms. The molecule has 0 aliphatic rings. The average molecular weight is 316 g/mol. The van der Waals surface area contributed by atoms with E-state index in [2.05, 4.69) is 5.32 Å². The van der Waals surface area contributed by atoms with Crippen molar-refractivity contribution in [1.29, 1.82) is 0 Å². The zero-order valence-corrected chi connectivity index (χ0v) is 11.7. The Hall–Kier alpha value is -1.72. The first-order valence-corrected chi connectivity index (χ1v) is 6.59. The molecule has 0 unspecified atom stereocenters. The quantitative estimate of drug-likeness (QED) is 0.879. The van der Waals surface area contributed by atoms with Crippen LogP contribution in [0.4, 0.5) is 13.2 Å². The minimum absolute atomic E-state index is 0.0433. The predicted octanol–water partition coefficient (Wildman–Crippen LogP) is 4.35. The number of aromatic hydroxyl groups is 1. The van der Waals surface area contributed by atoms with Crippen molar-refractivity contribution >= 4 is 11.6 Å². The van der Waals surface area contributed by atoms with Gasteiger partial charge in [-0.05, 0) is 29.8 Å². The van der Waals surface area contributed by atoms with Crippen LogP contribution in [0.25, 0.3) is 0 Å². The SMILES string of the molecule is Oc1ccc(Cl)cc1CNCc1ccccc1C(F)(F)F. The largest absolute Gasteiger partial charge is 0.508 e. The number of phenols is 1. The van der Waals surface area contributed by atoms with Gasteiger partial charge in [0.25, 0.3) is 0 Å². The molecule has 0 spiro atoms. The summed E-state index contributed by atoms with van der Waals surface area (Å²) in [5, 5.41) is 13.0. The molecule has 0 aliphatic carbocycles. The maximum atomic E-state index is 12.8. The summed E-state index contributed by atoms with van der Waals surface area (Å²) < 4.78 is 38.5. The van der Waals surface area contributed by atoms with Crippen LogP contribution in [0.2, 0.25) is 5.02 Å². The summed E-state index contributed by atoms with van der Waals surface area (Å²) in [5.74, 6) is 0.0519. The molecule has 2 nitrogen and oxygen atoms in total. The highest BCUT2D eigenvalue weighted by Crippen LogP contribution is 2.31. The number of nitrogens with one attached hydrogen (secondary N) is 1. The molecule has 0 amide bonds. The van der Waals surface area contributed by atoms with Gasteiger partial charge in [-0.25, -0.2) is 0 Å². The van der Waals surface area contributed by atoms with Crippen LogP contribution in [0.3, 0.4) is 0 Å². The molecular weight excluding hydrogens is 303 g/mol. The molecule has 2 aromatic rings. The van der Waals surface area contributed by atoms with E-state index in [1.54, 1.807) is 18.2 Å². The van der Waals surface area contributed by atoms with Gasteiger partial charge in [-0.2, -0.15) is 13.2 Å². The summed E-state index contributed by atoms with van der Waals surface area (Å²) in [5.41, 5.74) is 0.0336. The summed E-state index contributed by atoms with van der Waals surface area (Å²) in [4.78, 5) is 0. The second-order valence-electron chi connectivity index (χ2n) is 4.53. The van der Waals surface area contributed by atoms with Crippen molar-refractivity contribution in [3.05, 3.63) is 64.2 Å². The standard InChI is InChI=1S/C15H13ClF3NO/c16-12-5-6-14(21)11(7-12)9-20-8-10-3-1-2-4-13(10)15(17,18)19/h1-7,20-21H,8-9H2. The molecule has 0 aliphatic heterocycles. The van der Waals surface area contributed by atoms with Gasteiger partial charge in [-0.3, -0.25) is 0 Å². The Kier molecular flexibility index (Phi) is 4.75. The zero-order chi connectivity index (χ0) is 15.5. The minimum atomic E-state index is -4.38. The Morgan fingerprint density at radius 1 is 1.00 bits per heavy atom. The number of hydrogen-bond acceptors (Lipinski definition) is 2. The Bertz CT molecular complexity index is 629. The lowest BCUT2D eigenvalue weighted by Gasteiger charge is -2.13. The van der Waals surface area contributed by atoms with Gasteiger partial charge in [0.1, 0.15) is 5.75 Å². The Morgan fingerprint density at radius 2 is 1.67 bits per heavy atom. The van der Waals surface area contributed by atoms with E-state index < -0.39 is 11.7 Å².